The Morgan fingerprint density at radius 3 is 2.24 bits per heavy atom. The first kappa shape index (κ1) is 21.3. The maximum atomic E-state index is 11.8. The Kier molecular flexibility index (Phi) is 5.46. The average Bonchev–Trinajstić information content (AvgIpc) is 3.53. The molecule has 34 heavy (non-hydrogen) atoms. The van der Waals surface area contributed by atoms with E-state index in [0.717, 1.165) is 28.1 Å². The fourth-order valence-electron chi connectivity index (χ4n) is 4.15. The van der Waals surface area contributed by atoms with Gasteiger partial charge in [0, 0.05) is 11.5 Å². The van der Waals surface area contributed by atoms with Crippen molar-refractivity contribution in [3.63, 3.8) is 0 Å². The number of aldehydes is 2. The van der Waals surface area contributed by atoms with E-state index in [1.165, 1.54) is 0 Å². The van der Waals surface area contributed by atoms with Gasteiger partial charge in [0.15, 0.2) is 24.0 Å². The van der Waals surface area contributed by atoms with E-state index >= 15 is 0 Å². The molecule has 0 spiro atoms. The summed E-state index contributed by atoms with van der Waals surface area (Å²) in [6.45, 7) is 4.43. The van der Waals surface area contributed by atoms with Gasteiger partial charge in [0.25, 0.3) is 0 Å². The van der Waals surface area contributed by atoms with Gasteiger partial charge in [0.2, 0.25) is 5.82 Å². The zero-order chi connectivity index (χ0) is 23.7. The van der Waals surface area contributed by atoms with Gasteiger partial charge in [-0.2, -0.15) is 5.21 Å². The number of imidazole rings is 1. The van der Waals surface area contributed by atoms with Crippen molar-refractivity contribution in [2.75, 3.05) is 0 Å². The molecule has 0 unspecified atom stereocenters. The lowest BCUT2D eigenvalue weighted by molar-refractivity contribution is 0.110. The summed E-state index contributed by atoms with van der Waals surface area (Å²) >= 11 is 0. The molecule has 2 aromatic carbocycles. The van der Waals surface area contributed by atoms with Crippen molar-refractivity contribution in [2.45, 2.75) is 26.3 Å². The number of aromatic amines is 1. The van der Waals surface area contributed by atoms with Crippen LogP contribution in [0.1, 0.15) is 52.1 Å². The summed E-state index contributed by atoms with van der Waals surface area (Å²) in [5.41, 5.74) is 4.87. The number of benzene rings is 2. The van der Waals surface area contributed by atoms with Crippen molar-refractivity contribution in [1.82, 2.24) is 40.4 Å². The molecule has 0 aliphatic rings. The topological polar surface area (TPSA) is 132 Å². The third-order valence-electron chi connectivity index (χ3n) is 5.64. The van der Waals surface area contributed by atoms with Gasteiger partial charge in [-0.15, -0.1) is 20.4 Å². The van der Waals surface area contributed by atoms with Crippen molar-refractivity contribution in [2.24, 2.45) is 0 Å². The van der Waals surface area contributed by atoms with Gasteiger partial charge < -0.3 is 4.57 Å². The lowest BCUT2D eigenvalue weighted by Crippen LogP contribution is -2.10. The van der Waals surface area contributed by atoms with Crippen LogP contribution >= 0.6 is 0 Å². The molecular formula is C24H20N8O2. The second kappa shape index (κ2) is 8.74. The number of hydrogen-bond acceptors (Lipinski definition) is 8. The largest absolute Gasteiger partial charge is 0.321 e. The number of aromatic nitrogens is 8. The highest BCUT2D eigenvalue weighted by molar-refractivity contribution is 5.99. The van der Waals surface area contributed by atoms with Crippen LogP contribution in [0.4, 0.5) is 0 Å². The van der Waals surface area contributed by atoms with E-state index in [2.05, 4.69) is 35.8 Å². The lowest BCUT2D eigenvalue weighted by atomic mass is 9.95. The van der Waals surface area contributed by atoms with Gasteiger partial charge in [-0.1, -0.05) is 62.4 Å². The van der Waals surface area contributed by atoms with Crippen molar-refractivity contribution in [3.05, 3.63) is 71.3 Å². The molecule has 0 bridgehead atoms. The number of nitrogens with zero attached hydrogens (tertiary/aromatic N) is 7. The van der Waals surface area contributed by atoms with Gasteiger partial charge in [-0.3, -0.25) is 9.59 Å². The summed E-state index contributed by atoms with van der Waals surface area (Å²) in [5.74, 6) is 1.26. The summed E-state index contributed by atoms with van der Waals surface area (Å²) in [4.78, 5) is 28.1. The highest BCUT2D eigenvalue weighted by atomic mass is 16.1. The fourth-order valence-corrected chi connectivity index (χ4v) is 4.15. The Balaban J connectivity index is 1.72. The molecule has 5 aromatic rings. The number of carbonyl (C=O) groups excluding carboxylic acids is 2. The standard InChI is InChI=1S/C24H20N8O2/c1-14(2)24-25-21-19(12-33)26-27-20(13-34)22(21)32(24)11-15-7-3-4-8-16(15)17-9-5-6-10-18(17)23-28-30-31-29-23/h3-10,12-14H,11H2,1-2H3,(H,28,29,30,31). The zero-order valence-electron chi connectivity index (χ0n) is 18.5. The number of tetrazole rings is 1. The minimum absolute atomic E-state index is 0.0326. The number of H-pyrrole nitrogens is 1. The van der Waals surface area contributed by atoms with Crippen LogP contribution in [0.3, 0.4) is 0 Å². The van der Waals surface area contributed by atoms with Gasteiger partial charge in [0.1, 0.15) is 16.9 Å². The molecule has 5 rings (SSSR count). The molecule has 10 nitrogen and oxygen atoms in total. The minimum atomic E-state index is 0.0326. The van der Waals surface area contributed by atoms with Gasteiger partial charge in [0.05, 0.1) is 6.54 Å². The molecule has 0 atom stereocenters. The third kappa shape index (κ3) is 3.54. The molecule has 10 heteroatoms. The molecule has 0 saturated heterocycles. The summed E-state index contributed by atoms with van der Waals surface area (Å²) < 4.78 is 1.95. The Labute approximate surface area is 194 Å². The molecule has 168 valence electrons. The van der Waals surface area contributed by atoms with Crippen LogP contribution in [0.15, 0.2) is 48.5 Å². The Hall–Kier alpha value is -4.60. The molecule has 0 amide bonds. The van der Waals surface area contributed by atoms with Crippen molar-refractivity contribution >= 4 is 23.6 Å². The smallest absolute Gasteiger partial charge is 0.205 e. The highest BCUT2D eigenvalue weighted by Gasteiger charge is 2.22. The number of nitrogens with one attached hydrogen (secondary N) is 1. The molecule has 0 saturated carbocycles. The maximum absolute atomic E-state index is 11.8. The van der Waals surface area contributed by atoms with Crippen LogP contribution in [0.2, 0.25) is 0 Å². The van der Waals surface area contributed by atoms with Crippen LogP contribution in [-0.2, 0) is 6.54 Å². The van der Waals surface area contributed by atoms with Gasteiger partial charge in [-0.25, -0.2) is 4.98 Å². The molecule has 3 heterocycles. The van der Waals surface area contributed by atoms with Crippen LogP contribution in [0, 0.1) is 0 Å². The molecule has 0 fully saturated rings. The van der Waals surface area contributed by atoms with Gasteiger partial charge >= 0.3 is 0 Å². The zero-order valence-corrected chi connectivity index (χ0v) is 18.5. The SMILES string of the molecule is CC(C)c1nc2c(C=O)nnc(C=O)c2n1Cc1ccccc1-c1ccccc1-c1nn[nH]n1. The van der Waals surface area contributed by atoms with E-state index in [-0.39, 0.29) is 17.3 Å². The molecule has 0 aliphatic carbocycles. The monoisotopic (exact) mass is 452 g/mol. The van der Waals surface area contributed by atoms with Crippen LogP contribution in [-0.4, -0.2) is 52.9 Å². The summed E-state index contributed by atoms with van der Waals surface area (Å²) in [6.07, 6.45) is 1.25. The number of fused-ring (bicyclic) bond motifs is 1. The predicted octanol–water partition coefficient (Wildman–Crippen LogP) is 3.47. The average molecular weight is 452 g/mol. The second-order valence-electron chi connectivity index (χ2n) is 8.05. The molecule has 0 aliphatic heterocycles. The Morgan fingerprint density at radius 2 is 1.56 bits per heavy atom. The van der Waals surface area contributed by atoms with Crippen LogP contribution in [0.25, 0.3) is 33.5 Å². The number of rotatable bonds is 7. The summed E-state index contributed by atoms with van der Waals surface area (Å²) in [7, 11) is 0. The molecular weight excluding hydrogens is 432 g/mol. The molecule has 1 N–H and O–H groups in total. The molecule has 0 radical (unpaired) electrons. The first-order valence-corrected chi connectivity index (χ1v) is 10.7. The first-order chi connectivity index (χ1) is 16.6. The maximum Gasteiger partial charge on any atom is 0.205 e. The van der Waals surface area contributed by atoms with E-state index in [4.69, 9.17) is 0 Å². The second-order valence-corrected chi connectivity index (χ2v) is 8.05. The Bertz CT molecular complexity index is 1510. The predicted molar refractivity (Wildman–Crippen MR) is 124 cm³/mol. The quantitative estimate of drug-likeness (QED) is 0.371. The van der Waals surface area contributed by atoms with E-state index < -0.39 is 0 Å². The highest BCUT2D eigenvalue weighted by Crippen LogP contribution is 2.34. The lowest BCUT2D eigenvalue weighted by Gasteiger charge is -2.16. The first-order valence-electron chi connectivity index (χ1n) is 10.7. The van der Waals surface area contributed by atoms with E-state index in [9.17, 15) is 9.59 Å². The van der Waals surface area contributed by atoms with E-state index in [1.807, 2.05) is 66.9 Å². The number of carbonyl (C=O) groups is 2. The van der Waals surface area contributed by atoms with Crippen molar-refractivity contribution in [3.8, 4) is 22.5 Å². The van der Waals surface area contributed by atoms with Crippen molar-refractivity contribution < 1.29 is 9.59 Å². The molecule has 3 aromatic heterocycles. The van der Waals surface area contributed by atoms with Crippen LogP contribution in [0.5, 0.6) is 0 Å². The number of hydrogen-bond donors (Lipinski definition) is 1. The van der Waals surface area contributed by atoms with E-state index in [0.29, 0.717) is 36.0 Å². The van der Waals surface area contributed by atoms with Gasteiger partial charge in [-0.05, 0) is 21.9 Å². The van der Waals surface area contributed by atoms with Crippen molar-refractivity contribution in [1.29, 1.82) is 0 Å². The Morgan fingerprint density at radius 1 is 0.882 bits per heavy atom. The summed E-state index contributed by atoms with van der Waals surface area (Å²) in [6, 6.07) is 15.8. The minimum Gasteiger partial charge on any atom is -0.321 e. The van der Waals surface area contributed by atoms with E-state index in [1.54, 1.807) is 0 Å². The summed E-state index contributed by atoms with van der Waals surface area (Å²) in [5, 5.41) is 22.3. The van der Waals surface area contributed by atoms with Crippen LogP contribution < -0.4 is 0 Å². The third-order valence-corrected chi connectivity index (χ3v) is 5.64. The fraction of sp³-hybridized carbons (Fsp3) is 0.167. The normalized spacial score (nSPS) is 11.3.